The lowest BCUT2D eigenvalue weighted by atomic mass is 9.99. The lowest BCUT2D eigenvalue weighted by Crippen LogP contribution is -2.72. The first-order valence-corrected chi connectivity index (χ1v) is 13.6. The first-order chi connectivity index (χ1) is 17.8. The zero-order chi connectivity index (χ0) is 26.3. The summed E-state index contributed by atoms with van der Waals surface area (Å²) in [5, 5.41) is 22.5. The van der Waals surface area contributed by atoms with E-state index in [2.05, 4.69) is 20.5 Å². The molecule has 0 saturated carbocycles. The molecular formula is C21H18N8O5S3. The Labute approximate surface area is 221 Å². The molecule has 1 fully saturated rings. The second kappa shape index (κ2) is 9.95. The standard InChI is InChI=1S/C21H18N8O5S3/c1-27-21(24-25-26-27)37-8-10-7-35-18-14(16(31)29(18)13(10)19(33)34)28(11-5-3-2-4-6-11)17(32)15(30)12-9-36-20(22)23-12/h2-6,9,14,18H,7-8H2,1H3,(H2,22,23)(H,33,34). The van der Waals surface area contributed by atoms with Gasteiger partial charge in [0.15, 0.2) is 5.13 Å². The molecule has 2 amide bonds. The van der Waals surface area contributed by atoms with Crippen LogP contribution in [0.2, 0.25) is 0 Å². The Balaban J connectivity index is 1.45. The predicted octanol–water partition coefficient (Wildman–Crippen LogP) is 0.879. The molecule has 16 heteroatoms. The molecule has 3 N–H and O–H groups in total. The number of amides is 2. The highest BCUT2D eigenvalue weighted by molar-refractivity contribution is 8.01. The summed E-state index contributed by atoms with van der Waals surface area (Å²) in [5.74, 6) is -3.15. The van der Waals surface area contributed by atoms with Crippen molar-refractivity contribution in [3.8, 4) is 0 Å². The van der Waals surface area contributed by atoms with Gasteiger partial charge in [-0.25, -0.2) is 14.5 Å². The Bertz CT molecular complexity index is 1440. The van der Waals surface area contributed by atoms with Gasteiger partial charge in [-0.3, -0.25) is 24.2 Å². The van der Waals surface area contributed by atoms with E-state index in [1.54, 1.807) is 37.4 Å². The third-order valence-corrected chi connectivity index (χ3v) is 8.75. The average Bonchev–Trinajstić information content (AvgIpc) is 3.52. The Morgan fingerprint density at radius 3 is 2.65 bits per heavy atom. The number of para-hydroxylation sites is 1. The highest BCUT2D eigenvalue weighted by Crippen LogP contribution is 2.44. The van der Waals surface area contributed by atoms with Gasteiger partial charge >= 0.3 is 11.9 Å². The maximum atomic E-state index is 13.5. The number of nitrogens with two attached hydrogens (primary N) is 1. The van der Waals surface area contributed by atoms with Gasteiger partial charge in [0, 0.05) is 29.6 Å². The molecule has 2 aromatic heterocycles. The van der Waals surface area contributed by atoms with Crippen molar-refractivity contribution >= 4 is 69.2 Å². The number of rotatable bonds is 8. The maximum absolute atomic E-state index is 13.5. The van der Waals surface area contributed by atoms with Gasteiger partial charge in [-0.1, -0.05) is 30.0 Å². The Kier molecular flexibility index (Phi) is 6.70. The number of anilines is 2. The molecule has 3 aromatic rings. The quantitative estimate of drug-likeness (QED) is 0.173. The largest absolute Gasteiger partial charge is 0.477 e. The van der Waals surface area contributed by atoms with Crippen LogP contribution in [0.1, 0.15) is 10.5 Å². The fourth-order valence-electron chi connectivity index (χ4n) is 3.98. The van der Waals surface area contributed by atoms with E-state index in [0.717, 1.165) is 16.2 Å². The molecule has 1 aromatic carbocycles. The topological polar surface area (TPSA) is 178 Å². The van der Waals surface area contributed by atoms with Crippen molar-refractivity contribution in [3.63, 3.8) is 0 Å². The van der Waals surface area contributed by atoms with E-state index in [-0.39, 0.29) is 22.3 Å². The summed E-state index contributed by atoms with van der Waals surface area (Å²) in [6, 6.07) is 7.22. The summed E-state index contributed by atoms with van der Waals surface area (Å²) in [5.41, 5.74) is 6.24. The summed E-state index contributed by atoms with van der Waals surface area (Å²) in [6.07, 6.45) is 0. The van der Waals surface area contributed by atoms with Crippen LogP contribution in [-0.4, -0.2) is 81.7 Å². The molecule has 2 atom stereocenters. The molecule has 2 unspecified atom stereocenters. The summed E-state index contributed by atoms with van der Waals surface area (Å²) in [4.78, 5) is 58.3. The van der Waals surface area contributed by atoms with Crippen LogP contribution in [0.5, 0.6) is 0 Å². The van der Waals surface area contributed by atoms with Gasteiger partial charge in [-0.2, -0.15) is 0 Å². The van der Waals surface area contributed by atoms with Crippen LogP contribution in [-0.2, 0) is 21.4 Å². The van der Waals surface area contributed by atoms with Crippen LogP contribution in [0.25, 0.3) is 0 Å². The summed E-state index contributed by atoms with van der Waals surface area (Å²) in [6.45, 7) is 0. The van der Waals surface area contributed by atoms with Crippen LogP contribution in [0.4, 0.5) is 10.8 Å². The lowest BCUT2D eigenvalue weighted by molar-refractivity contribution is -0.148. The Morgan fingerprint density at radius 2 is 2.03 bits per heavy atom. The van der Waals surface area contributed by atoms with Crippen LogP contribution < -0.4 is 10.6 Å². The summed E-state index contributed by atoms with van der Waals surface area (Å²) < 4.78 is 1.46. The summed E-state index contributed by atoms with van der Waals surface area (Å²) in [7, 11) is 1.67. The number of benzene rings is 1. The van der Waals surface area contributed by atoms with Crippen LogP contribution in [0, 0.1) is 0 Å². The SMILES string of the molecule is Cn1nnnc1SCC1=C(C(=O)O)N2C(=O)C(N(C(=O)C(=O)c3csc(N)n3)c3ccccc3)C2SC1. The van der Waals surface area contributed by atoms with Crippen LogP contribution >= 0.6 is 34.9 Å². The number of hydrogen-bond donors (Lipinski definition) is 2. The number of ketones is 1. The zero-order valence-corrected chi connectivity index (χ0v) is 21.5. The number of β-lactam (4-membered cyclic amide) rings is 1. The van der Waals surface area contributed by atoms with E-state index >= 15 is 0 Å². The molecule has 1 saturated heterocycles. The van der Waals surface area contributed by atoms with E-state index in [9.17, 15) is 24.3 Å². The number of tetrazole rings is 1. The molecule has 37 heavy (non-hydrogen) atoms. The fraction of sp³-hybridized carbons (Fsp3) is 0.238. The maximum Gasteiger partial charge on any atom is 0.352 e. The molecule has 0 radical (unpaired) electrons. The van der Waals surface area contributed by atoms with E-state index in [1.165, 1.54) is 38.5 Å². The number of aliphatic carboxylic acids is 1. The number of thioether (sulfide) groups is 2. The van der Waals surface area contributed by atoms with E-state index in [1.807, 2.05) is 0 Å². The van der Waals surface area contributed by atoms with Crippen molar-refractivity contribution in [2.45, 2.75) is 16.6 Å². The zero-order valence-electron chi connectivity index (χ0n) is 19.0. The first-order valence-electron chi connectivity index (χ1n) is 10.7. The third-order valence-electron chi connectivity index (χ3n) is 5.66. The highest BCUT2D eigenvalue weighted by atomic mass is 32.2. The molecule has 2 aliphatic rings. The second-order valence-electron chi connectivity index (χ2n) is 7.90. The highest BCUT2D eigenvalue weighted by Gasteiger charge is 2.58. The monoisotopic (exact) mass is 558 g/mol. The number of carbonyl (C=O) groups is 4. The number of aromatic nitrogens is 5. The lowest BCUT2D eigenvalue weighted by Gasteiger charge is -2.52. The van der Waals surface area contributed by atoms with Gasteiger partial charge in [0.25, 0.3) is 11.7 Å². The Hall–Kier alpha value is -3.76. The minimum atomic E-state index is -1.25. The normalized spacial score (nSPS) is 18.8. The fourth-order valence-corrected chi connectivity index (χ4v) is 6.90. The average molecular weight is 559 g/mol. The number of Topliss-reactive ketones (excluding diaryl/α,β-unsaturated/α-hetero) is 1. The number of nitrogen functional groups attached to an aromatic ring is 1. The molecule has 0 spiro atoms. The first kappa shape index (κ1) is 24.9. The number of nitrogens with zero attached hydrogens (tertiary/aromatic N) is 7. The summed E-state index contributed by atoms with van der Waals surface area (Å²) >= 11 is 3.59. The van der Waals surface area contributed by atoms with Crippen molar-refractivity contribution in [2.75, 3.05) is 22.1 Å². The van der Waals surface area contributed by atoms with Gasteiger partial charge < -0.3 is 10.8 Å². The minimum absolute atomic E-state index is 0.114. The number of carboxylic acids is 1. The van der Waals surface area contributed by atoms with Crippen molar-refractivity contribution in [1.82, 2.24) is 30.1 Å². The van der Waals surface area contributed by atoms with Crippen molar-refractivity contribution in [2.24, 2.45) is 7.05 Å². The number of hydrogen-bond acceptors (Lipinski definition) is 12. The number of carbonyl (C=O) groups excluding carboxylic acids is 3. The van der Waals surface area contributed by atoms with Gasteiger partial charge in [0.05, 0.1) is 0 Å². The third kappa shape index (κ3) is 4.47. The molecule has 5 rings (SSSR count). The van der Waals surface area contributed by atoms with Crippen LogP contribution in [0.15, 0.2) is 52.1 Å². The van der Waals surface area contributed by atoms with E-state index in [0.29, 0.717) is 22.2 Å². The minimum Gasteiger partial charge on any atom is -0.477 e. The molecular weight excluding hydrogens is 540 g/mol. The molecule has 0 bridgehead atoms. The number of thiazole rings is 1. The van der Waals surface area contributed by atoms with Gasteiger partial charge in [-0.05, 0) is 28.1 Å². The number of fused-ring (bicyclic) bond motifs is 1. The van der Waals surface area contributed by atoms with E-state index < -0.39 is 35.0 Å². The smallest absolute Gasteiger partial charge is 0.352 e. The van der Waals surface area contributed by atoms with Crippen LogP contribution in [0.3, 0.4) is 0 Å². The molecule has 13 nitrogen and oxygen atoms in total. The van der Waals surface area contributed by atoms with Gasteiger partial charge in [-0.15, -0.1) is 28.2 Å². The van der Waals surface area contributed by atoms with Crippen molar-refractivity contribution in [1.29, 1.82) is 0 Å². The predicted molar refractivity (Wildman–Crippen MR) is 136 cm³/mol. The molecule has 190 valence electrons. The van der Waals surface area contributed by atoms with Gasteiger partial charge in [0.2, 0.25) is 5.16 Å². The Morgan fingerprint density at radius 1 is 1.27 bits per heavy atom. The van der Waals surface area contributed by atoms with E-state index in [4.69, 9.17) is 5.73 Å². The number of aryl methyl sites for hydroxylation is 1. The van der Waals surface area contributed by atoms with Crippen molar-refractivity contribution in [3.05, 3.63) is 52.7 Å². The number of carboxylic acid groups (broad SMARTS) is 1. The molecule has 2 aliphatic heterocycles. The molecule has 0 aliphatic carbocycles. The second-order valence-corrected chi connectivity index (χ2v) is 10.8. The van der Waals surface area contributed by atoms with Gasteiger partial charge in [0.1, 0.15) is 22.8 Å². The van der Waals surface area contributed by atoms with Crippen molar-refractivity contribution < 1.29 is 24.3 Å². The molecule has 4 heterocycles.